The predicted molar refractivity (Wildman–Crippen MR) is 90.1 cm³/mol. The Balaban J connectivity index is 2.01. The van der Waals surface area contributed by atoms with E-state index in [0.717, 1.165) is 16.4 Å². The highest BCUT2D eigenvalue weighted by Gasteiger charge is 2.44. The van der Waals surface area contributed by atoms with Gasteiger partial charge in [-0.1, -0.05) is 43.6 Å². The number of hydrogen-bond acceptors (Lipinski definition) is 3. The number of benzene rings is 1. The monoisotopic (exact) mass is 302 g/mol. The standard InChI is InChI=1S/C17H22N2OS/c1-12-16(21)19-17(18-12,13-6-4-3-5-7-13)14-8-10-15(20-2)11-9-14/h8-11,13H,3-7H2,1-2H3,(H,19,21). The number of thiocarbonyl (C=S) groups is 1. The molecule has 4 heteroatoms. The molecular weight excluding hydrogens is 280 g/mol. The first kappa shape index (κ1) is 14.5. The van der Waals surface area contributed by atoms with Gasteiger partial charge in [-0.2, -0.15) is 0 Å². The number of hydrogen-bond donors (Lipinski definition) is 1. The van der Waals surface area contributed by atoms with Crippen LogP contribution in [0.5, 0.6) is 5.75 Å². The lowest BCUT2D eigenvalue weighted by Crippen LogP contribution is -2.46. The van der Waals surface area contributed by atoms with Crippen molar-refractivity contribution in [2.24, 2.45) is 10.9 Å². The molecule has 2 aliphatic rings. The summed E-state index contributed by atoms with van der Waals surface area (Å²) in [4.78, 5) is 5.76. The van der Waals surface area contributed by atoms with Crippen LogP contribution in [0.3, 0.4) is 0 Å². The van der Waals surface area contributed by atoms with Gasteiger partial charge in [0.25, 0.3) is 0 Å². The molecule has 112 valence electrons. The van der Waals surface area contributed by atoms with Gasteiger partial charge in [0.2, 0.25) is 0 Å². The fourth-order valence-corrected chi connectivity index (χ4v) is 3.74. The Hall–Kier alpha value is -1.42. The fourth-order valence-electron chi connectivity index (χ4n) is 3.54. The van der Waals surface area contributed by atoms with Crippen LogP contribution >= 0.6 is 12.2 Å². The van der Waals surface area contributed by atoms with E-state index < -0.39 is 0 Å². The molecule has 1 aliphatic heterocycles. The van der Waals surface area contributed by atoms with Gasteiger partial charge < -0.3 is 10.1 Å². The van der Waals surface area contributed by atoms with Crippen molar-refractivity contribution in [3.8, 4) is 5.75 Å². The van der Waals surface area contributed by atoms with Gasteiger partial charge in [0.15, 0.2) is 5.66 Å². The second-order valence-corrected chi connectivity index (χ2v) is 6.39. The van der Waals surface area contributed by atoms with Crippen molar-refractivity contribution >= 4 is 22.9 Å². The van der Waals surface area contributed by atoms with Crippen molar-refractivity contribution in [3.05, 3.63) is 29.8 Å². The average Bonchev–Trinajstić information content (AvgIpc) is 2.85. The number of methoxy groups -OCH3 is 1. The van der Waals surface area contributed by atoms with Crippen molar-refractivity contribution in [2.75, 3.05) is 7.11 Å². The average molecular weight is 302 g/mol. The topological polar surface area (TPSA) is 33.6 Å². The molecular formula is C17H22N2OS. The van der Waals surface area contributed by atoms with E-state index >= 15 is 0 Å². The minimum absolute atomic E-state index is 0.367. The van der Waals surface area contributed by atoms with Gasteiger partial charge in [-0.15, -0.1) is 0 Å². The van der Waals surface area contributed by atoms with E-state index in [9.17, 15) is 0 Å². The van der Waals surface area contributed by atoms with Gasteiger partial charge in [-0.25, -0.2) is 0 Å². The third kappa shape index (κ3) is 2.57. The first-order chi connectivity index (χ1) is 10.2. The van der Waals surface area contributed by atoms with E-state index in [-0.39, 0.29) is 5.66 Å². The van der Waals surface area contributed by atoms with Crippen LogP contribution in [-0.2, 0) is 5.66 Å². The molecule has 3 rings (SSSR count). The lowest BCUT2D eigenvalue weighted by atomic mass is 9.77. The van der Waals surface area contributed by atoms with Crippen LogP contribution in [0.2, 0.25) is 0 Å². The Morgan fingerprint density at radius 3 is 2.38 bits per heavy atom. The first-order valence-electron chi connectivity index (χ1n) is 7.69. The Morgan fingerprint density at radius 1 is 1.19 bits per heavy atom. The second-order valence-electron chi connectivity index (χ2n) is 5.98. The molecule has 0 aromatic heterocycles. The van der Waals surface area contributed by atoms with Crippen molar-refractivity contribution in [1.29, 1.82) is 0 Å². The summed E-state index contributed by atoms with van der Waals surface area (Å²) in [7, 11) is 1.69. The van der Waals surface area contributed by atoms with E-state index in [1.165, 1.54) is 37.7 Å². The smallest absolute Gasteiger partial charge is 0.159 e. The van der Waals surface area contributed by atoms with Gasteiger partial charge in [0.05, 0.1) is 12.8 Å². The van der Waals surface area contributed by atoms with Crippen molar-refractivity contribution in [1.82, 2.24) is 5.32 Å². The number of aliphatic imine (C=N–C) groups is 1. The van der Waals surface area contributed by atoms with Crippen LogP contribution in [-0.4, -0.2) is 17.8 Å². The van der Waals surface area contributed by atoms with Gasteiger partial charge in [-0.3, -0.25) is 4.99 Å². The molecule has 1 atom stereocenters. The Morgan fingerprint density at radius 2 is 1.86 bits per heavy atom. The lowest BCUT2D eigenvalue weighted by molar-refractivity contribution is 0.198. The molecule has 3 nitrogen and oxygen atoms in total. The maximum atomic E-state index is 5.44. The van der Waals surface area contributed by atoms with Gasteiger partial charge >= 0.3 is 0 Å². The highest BCUT2D eigenvalue weighted by molar-refractivity contribution is 7.82. The zero-order valence-electron chi connectivity index (χ0n) is 12.7. The molecule has 1 aromatic carbocycles. The molecule has 1 aromatic rings. The van der Waals surface area contributed by atoms with Crippen LogP contribution in [0.1, 0.15) is 44.6 Å². The summed E-state index contributed by atoms with van der Waals surface area (Å²) in [5.41, 5.74) is 1.77. The molecule has 1 fully saturated rings. The molecule has 0 amide bonds. The van der Waals surface area contributed by atoms with E-state index in [4.69, 9.17) is 21.9 Å². The van der Waals surface area contributed by atoms with E-state index in [1.54, 1.807) is 7.11 Å². The van der Waals surface area contributed by atoms with Gasteiger partial charge in [0.1, 0.15) is 10.7 Å². The summed E-state index contributed by atoms with van der Waals surface area (Å²) in [6.45, 7) is 2.00. The molecule has 1 saturated carbocycles. The summed E-state index contributed by atoms with van der Waals surface area (Å²) in [5.74, 6) is 1.38. The van der Waals surface area contributed by atoms with Crippen LogP contribution in [0.4, 0.5) is 0 Å². The summed E-state index contributed by atoms with van der Waals surface area (Å²) >= 11 is 5.44. The third-order valence-corrected chi connectivity index (χ3v) is 5.10. The fraction of sp³-hybridized carbons (Fsp3) is 0.529. The molecule has 0 saturated heterocycles. The van der Waals surface area contributed by atoms with E-state index in [1.807, 2.05) is 19.1 Å². The van der Waals surface area contributed by atoms with E-state index in [2.05, 4.69) is 17.4 Å². The number of nitrogens with zero attached hydrogens (tertiary/aromatic N) is 1. The Kier molecular flexibility index (Phi) is 3.98. The minimum atomic E-state index is -0.367. The van der Waals surface area contributed by atoms with Gasteiger partial charge in [0, 0.05) is 11.5 Å². The van der Waals surface area contributed by atoms with Crippen LogP contribution in [0.25, 0.3) is 0 Å². The summed E-state index contributed by atoms with van der Waals surface area (Å²) in [6, 6.07) is 8.25. The second kappa shape index (κ2) is 5.76. The Labute approximate surface area is 131 Å². The zero-order chi connectivity index (χ0) is 14.9. The van der Waals surface area contributed by atoms with Crippen molar-refractivity contribution in [3.63, 3.8) is 0 Å². The molecule has 1 aliphatic carbocycles. The van der Waals surface area contributed by atoms with Crippen LogP contribution < -0.4 is 10.1 Å². The molecule has 0 bridgehead atoms. The van der Waals surface area contributed by atoms with Crippen molar-refractivity contribution in [2.45, 2.75) is 44.7 Å². The normalized spacial score (nSPS) is 26.4. The molecule has 1 heterocycles. The third-order valence-electron chi connectivity index (χ3n) is 4.70. The van der Waals surface area contributed by atoms with Crippen molar-refractivity contribution < 1.29 is 4.74 Å². The maximum absolute atomic E-state index is 5.44. The molecule has 1 N–H and O–H groups in total. The number of ether oxygens (including phenoxy) is 1. The Bertz CT molecular complexity index is 561. The van der Waals surface area contributed by atoms with Gasteiger partial charge in [-0.05, 0) is 31.9 Å². The molecule has 0 radical (unpaired) electrons. The predicted octanol–water partition coefficient (Wildman–Crippen LogP) is 3.82. The summed E-state index contributed by atoms with van der Waals surface area (Å²) in [6.07, 6.45) is 6.32. The first-order valence-corrected chi connectivity index (χ1v) is 8.10. The highest BCUT2D eigenvalue weighted by atomic mass is 32.1. The zero-order valence-corrected chi connectivity index (χ0v) is 13.5. The molecule has 1 unspecified atom stereocenters. The van der Waals surface area contributed by atoms with Crippen LogP contribution in [0.15, 0.2) is 29.3 Å². The molecule has 21 heavy (non-hydrogen) atoms. The van der Waals surface area contributed by atoms with E-state index in [0.29, 0.717) is 5.92 Å². The SMILES string of the molecule is COc1ccc(C2(C3CCCCC3)N=C(C)C(=S)N2)cc1. The number of nitrogens with one attached hydrogen (secondary N) is 1. The summed E-state index contributed by atoms with van der Waals surface area (Å²) in [5, 5.41) is 3.53. The highest BCUT2D eigenvalue weighted by Crippen LogP contribution is 2.42. The number of rotatable bonds is 3. The summed E-state index contributed by atoms with van der Waals surface area (Å²) < 4.78 is 5.27. The quantitative estimate of drug-likeness (QED) is 0.862. The molecule has 0 spiro atoms. The largest absolute Gasteiger partial charge is 0.497 e. The maximum Gasteiger partial charge on any atom is 0.159 e. The minimum Gasteiger partial charge on any atom is -0.497 e. The van der Waals surface area contributed by atoms with Crippen LogP contribution in [0, 0.1) is 5.92 Å². The lowest BCUT2D eigenvalue weighted by Gasteiger charge is -2.38.